The van der Waals surface area contributed by atoms with Crippen molar-refractivity contribution in [3.8, 4) is 17.2 Å². The third kappa shape index (κ3) is 2.48. The molecular weight excluding hydrogens is 302 g/mol. The Morgan fingerprint density at radius 1 is 1.14 bits per heavy atom. The molecule has 0 fully saturated rings. The number of ether oxygens (including phenoxy) is 2. The van der Waals surface area contributed by atoms with Crippen LogP contribution in [0.25, 0.3) is 10.2 Å². The van der Waals surface area contributed by atoms with Crippen molar-refractivity contribution in [1.82, 2.24) is 4.98 Å². The van der Waals surface area contributed by atoms with Gasteiger partial charge in [0.05, 0.1) is 24.4 Å². The number of carbonyl (C=O) groups is 1. The van der Waals surface area contributed by atoms with E-state index in [2.05, 4.69) is 4.98 Å². The molecule has 0 aliphatic rings. The molecule has 112 valence electrons. The van der Waals surface area contributed by atoms with Crippen LogP contribution in [0, 0.1) is 0 Å². The van der Waals surface area contributed by atoms with Gasteiger partial charge in [0, 0.05) is 5.56 Å². The standard InChI is InChI=1S/C16H13NO4S/c1-20-10-4-5-11-14(8-10)22-16(17-11)15(19)9-3-6-12(18)13(7-9)21-2/h3-8,18H,1-2H3. The van der Waals surface area contributed by atoms with Gasteiger partial charge in [-0.25, -0.2) is 4.98 Å². The Balaban J connectivity index is 2.01. The number of aromatic hydroxyl groups is 1. The molecule has 0 bridgehead atoms. The van der Waals surface area contributed by atoms with Crippen LogP contribution in [-0.2, 0) is 0 Å². The van der Waals surface area contributed by atoms with E-state index in [-0.39, 0.29) is 17.3 Å². The quantitative estimate of drug-likeness (QED) is 0.749. The summed E-state index contributed by atoms with van der Waals surface area (Å²) in [5.41, 5.74) is 1.17. The maximum atomic E-state index is 12.5. The minimum absolute atomic E-state index is 0.00640. The lowest BCUT2D eigenvalue weighted by Gasteiger charge is -2.04. The van der Waals surface area contributed by atoms with Crippen molar-refractivity contribution in [2.24, 2.45) is 0 Å². The molecule has 0 spiro atoms. The van der Waals surface area contributed by atoms with Crippen LogP contribution < -0.4 is 9.47 Å². The molecule has 3 aromatic rings. The van der Waals surface area contributed by atoms with Gasteiger partial charge >= 0.3 is 0 Å². The molecule has 0 saturated heterocycles. The van der Waals surface area contributed by atoms with Crippen LogP contribution in [0.15, 0.2) is 36.4 Å². The Labute approximate surface area is 130 Å². The predicted molar refractivity (Wildman–Crippen MR) is 84.3 cm³/mol. The van der Waals surface area contributed by atoms with E-state index in [1.807, 2.05) is 12.1 Å². The monoisotopic (exact) mass is 315 g/mol. The highest BCUT2D eigenvalue weighted by Crippen LogP contribution is 2.30. The molecule has 0 aliphatic carbocycles. The molecule has 0 amide bonds. The Bertz CT molecular complexity index is 856. The van der Waals surface area contributed by atoms with Gasteiger partial charge in [0.25, 0.3) is 0 Å². The van der Waals surface area contributed by atoms with Crippen molar-refractivity contribution in [1.29, 1.82) is 0 Å². The summed E-state index contributed by atoms with van der Waals surface area (Å²) in [6.45, 7) is 0. The van der Waals surface area contributed by atoms with Crippen molar-refractivity contribution in [2.75, 3.05) is 14.2 Å². The number of phenols is 1. The smallest absolute Gasteiger partial charge is 0.221 e. The lowest BCUT2D eigenvalue weighted by atomic mass is 10.1. The Morgan fingerprint density at radius 3 is 2.68 bits per heavy atom. The first-order chi connectivity index (χ1) is 10.6. The second-order valence-corrected chi connectivity index (χ2v) is 5.60. The minimum atomic E-state index is -0.210. The van der Waals surface area contributed by atoms with Crippen molar-refractivity contribution >= 4 is 27.3 Å². The number of benzene rings is 2. The number of phenolic OH excluding ortho intramolecular Hbond substituents is 1. The summed E-state index contributed by atoms with van der Waals surface area (Å²) in [6, 6.07) is 9.96. The van der Waals surface area contributed by atoms with Gasteiger partial charge in [0.15, 0.2) is 16.5 Å². The molecule has 0 aliphatic heterocycles. The zero-order valence-corrected chi connectivity index (χ0v) is 12.8. The van der Waals surface area contributed by atoms with E-state index in [1.54, 1.807) is 19.2 Å². The zero-order valence-electron chi connectivity index (χ0n) is 12.0. The summed E-state index contributed by atoms with van der Waals surface area (Å²) >= 11 is 1.30. The molecule has 1 aromatic heterocycles. The van der Waals surface area contributed by atoms with Gasteiger partial charge in [-0.05, 0) is 36.4 Å². The van der Waals surface area contributed by atoms with E-state index in [4.69, 9.17) is 9.47 Å². The number of fused-ring (bicyclic) bond motifs is 1. The number of aromatic nitrogens is 1. The van der Waals surface area contributed by atoms with Crippen LogP contribution in [-0.4, -0.2) is 30.1 Å². The molecule has 0 atom stereocenters. The third-order valence-electron chi connectivity index (χ3n) is 3.23. The number of hydrogen-bond acceptors (Lipinski definition) is 6. The highest BCUT2D eigenvalue weighted by atomic mass is 32.1. The van der Waals surface area contributed by atoms with E-state index in [0.29, 0.717) is 10.6 Å². The minimum Gasteiger partial charge on any atom is -0.504 e. The summed E-state index contributed by atoms with van der Waals surface area (Å²) in [7, 11) is 3.03. The Morgan fingerprint density at radius 2 is 1.95 bits per heavy atom. The Hall–Kier alpha value is -2.60. The molecule has 6 heteroatoms. The predicted octanol–water partition coefficient (Wildman–Crippen LogP) is 3.25. The second-order valence-electron chi connectivity index (χ2n) is 4.57. The van der Waals surface area contributed by atoms with E-state index in [1.165, 1.54) is 30.6 Å². The molecule has 0 radical (unpaired) electrons. The number of hydrogen-bond donors (Lipinski definition) is 1. The topological polar surface area (TPSA) is 68.7 Å². The van der Waals surface area contributed by atoms with Crippen molar-refractivity contribution in [3.05, 3.63) is 47.0 Å². The number of nitrogens with zero attached hydrogens (tertiary/aromatic N) is 1. The van der Waals surface area contributed by atoms with E-state index in [9.17, 15) is 9.90 Å². The summed E-state index contributed by atoms with van der Waals surface area (Å²) in [6.07, 6.45) is 0. The zero-order chi connectivity index (χ0) is 15.7. The molecule has 0 unspecified atom stereocenters. The molecular formula is C16H13NO4S. The summed E-state index contributed by atoms with van der Waals surface area (Å²) in [5.74, 6) is 0.765. The van der Waals surface area contributed by atoms with Gasteiger partial charge in [-0.1, -0.05) is 0 Å². The van der Waals surface area contributed by atoms with Gasteiger partial charge in [0.1, 0.15) is 5.75 Å². The maximum Gasteiger partial charge on any atom is 0.221 e. The third-order valence-corrected chi connectivity index (χ3v) is 4.25. The maximum absolute atomic E-state index is 12.5. The number of carbonyl (C=O) groups excluding carboxylic acids is 1. The lowest BCUT2D eigenvalue weighted by molar-refractivity contribution is 0.103. The van der Waals surface area contributed by atoms with Crippen LogP contribution in [0.2, 0.25) is 0 Å². The SMILES string of the molecule is COc1ccc2nc(C(=O)c3ccc(O)c(OC)c3)sc2c1. The molecule has 1 N–H and O–H groups in total. The number of thiazole rings is 1. The van der Waals surface area contributed by atoms with Crippen LogP contribution >= 0.6 is 11.3 Å². The fourth-order valence-electron chi connectivity index (χ4n) is 2.07. The number of methoxy groups -OCH3 is 2. The van der Waals surface area contributed by atoms with Crippen LogP contribution in [0.4, 0.5) is 0 Å². The molecule has 2 aromatic carbocycles. The number of rotatable bonds is 4. The Kier molecular flexibility index (Phi) is 3.68. The molecule has 3 rings (SSSR count). The van der Waals surface area contributed by atoms with Crippen LogP contribution in [0.1, 0.15) is 15.4 Å². The van der Waals surface area contributed by atoms with Crippen molar-refractivity contribution in [3.63, 3.8) is 0 Å². The number of ketones is 1. The van der Waals surface area contributed by atoms with E-state index < -0.39 is 0 Å². The molecule has 0 saturated carbocycles. The highest BCUT2D eigenvalue weighted by Gasteiger charge is 2.16. The van der Waals surface area contributed by atoms with E-state index >= 15 is 0 Å². The van der Waals surface area contributed by atoms with Gasteiger partial charge in [-0.15, -0.1) is 11.3 Å². The summed E-state index contributed by atoms with van der Waals surface area (Å²) in [4.78, 5) is 16.9. The highest BCUT2D eigenvalue weighted by molar-refractivity contribution is 7.20. The second kappa shape index (κ2) is 5.65. The molecule has 22 heavy (non-hydrogen) atoms. The first-order valence-electron chi connectivity index (χ1n) is 6.48. The lowest BCUT2D eigenvalue weighted by Crippen LogP contribution is -2.00. The van der Waals surface area contributed by atoms with Crippen molar-refractivity contribution < 1.29 is 19.4 Å². The average Bonchev–Trinajstić information content (AvgIpc) is 2.97. The van der Waals surface area contributed by atoms with Gasteiger partial charge in [-0.2, -0.15) is 0 Å². The first kappa shape index (κ1) is 14.3. The van der Waals surface area contributed by atoms with Crippen molar-refractivity contribution in [2.45, 2.75) is 0 Å². The summed E-state index contributed by atoms with van der Waals surface area (Å²) in [5, 5.41) is 9.98. The largest absolute Gasteiger partial charge is 0.504 e. The normalized spacial score (nSPS) is 10.6. The van der Waals surface area contributed by atoms with Gasteiger partial charge in [0.2, 0.25) is 5.78 Å². The summed E-state index contributed by atoms with van der Waals surface area (Å²) < 4.78 is 11.1. The first-order valence-corrected chi connectivity index (χ1v) is 7.30. The van der Waals surface area contributed by atoms with Gasteiger partial charge in [-0.3, -0.25) is 4.79 Å². The van der Waals surface area contributed by atoms with Crippen LogP contribution in [0.5, 0.6) is 17.2 Å². The molecule has 5 nitrogen and oxygen atoms in total. The molecule has 1 heterocycles. The van der Waals surface area contributed by atoms with E-state index in [0.717, 1.165) is 16.0 Å². The van der Waals surface area contributed by atoms with Gasteiger partial charge < -0.3 is 14.6 Å². The average molecular weight is 315 g/mol. The fraction of sp³-hybridized carbons (Fsp3) is 0.125. The van der Waals surface area contributed by atoms with Crippen LogP contribution in [0.3, 0.4) is 0 Å². The fourth-order valence-corrected chi connectivity index (χ4v) is 3.03.